The van der Waals surface area contributed by atoms with Gasteiger partial charge in [-0.2, -0.15) is 0 Å². The van der Waals surface area contributed by atoms with Crippen LogP contribution in [-0.4, -0.2) is 29.6 Å². The van der Waals surface area contributed by atoms with Crippen LogP contribution in [0, 0.1) is 0 Å². The van der Waals surface area contributed by atoms with Gasteiger partial charge in [-0.3, -0.25) is 4.40 Å². The number of esters is 1. The van der Waals surface area contributed by atoms with Crippen LogP contribution in [0.2, 0.25) is 5.15 Å². The van der Waals surface area contributed by atoms with E-state index >= 15 is 0 Å². The largest absolute Gasteiger partial charge is 0.497 e. The summed E-state index contributed by atoms with van der Waals surface area (Å²) < 4.78 is 11.8. The van der Waals surface area contributed by atoms with Gasteiger partial charge in [0.15, 0.2) is 5.15 Å². The lowest BCUT2D eigenvalue weighted by Crippen LogP contribution is -2.03. The first-order valence-corrected chi connectivity index (χ1v) is 6.93. The molecule has 1 aromatic carbocycles. The maximum Gasteiger partial charge on any atom is 0.340 e. The minimum Gasteiger partial charge on any atom is -0.497 e. The summed E-state index contributed by atoms with van der Waals surface area (Å²) in [6.07, 6.45) is 1.80. The van der Waals surface area contributed by atoms with E-state index in [1.54, 1.807) is 29.8 Å². The van der Waals surface area contributed by atoms with Gasteiger partial charge in [0, 0.05) is 11.8 Å². The van der Waals surface area contributed by atoms with Crippen molar-refractivity contribution in [3.63, 3.8) is 0 Å². The second kappa shape index (κ2) is 5.69. The number of halogens is 1. The first-order chi connectivity index (χ1) is 10.7. The van der Waals surface area contributed by atoms with E-state index in [2.05, 4.69) is 4.98 Å². The Morgan fingerprint density at radius 1 is 1.23 bits per heavy atom. The molecule has 0 aliphatic rings. The van der Waals surface area contributed by atoms with Crippen LogP contribution in [0.15, 0.2) is 42.6 Å². The Hall–Kier alpha value is -2.53. The van der Waals surface area contributed by atoms with Crippen molar-refractivity contribution in [1.29, 1.82) is 0 Å². The van der Waals surface area contributed by atoms with Crippen LogP contribution >= 0.6 is 11.6 Å². The molecule has 0 N–H and O–H groups in total. The molecule has 0 radical (unpaired) electrons. The molecule has 0 spiro atoms. The van der Waals surface area contributed by atoms with Gasteiger partial charge >= 0.3 is 5.97 Å². The van der Waals surface area contributed by atoms with Crippen molar-refractivity contribution in [2.24, 2.45) is 0 Å². The van der Waals surface area contributed by atoms with Gasteiger partial charge in [0.25, 0.3) is 0 Å². The molecule has 0 atom stereocenters. The first-order valence-electron chi connectivity index (χ1n) is 6.55. The number of carbonyl (C=O) groups is 1. The molecule has 0 unspecified atom stereocenters. The smallest absolute Gasteiger partial charge is 0.340 e. The molecule has 0 fully saturated rings. The van der Waals surface area contributed by atoms with Gasteiger partial charge in [-0.15, -0.1) is 0 Å². The van der Waals surface area contributed by atoms with Gasteiger partial charge < -0.3 is 9.47 Å². The van der Waals surface area contributed by atoms with Crippen molar-refractivity contribution in [3.8, 4) is 17.1 Å². The monoisotopic (exact) mass is 316 g/mol. The van der Waals surface area contributed by atoms with Gasteiger partial charge in [-0.05, 0) is 24.3 Å². The van der Waals surface area contributed by atoms with Gasteiger partial charge in [-0.25, -0.2) is 9.78 Å². The summed E-state index contributed by atoms with van der Waals surface area (Å²) in [7, 11) is 2.93. The molecule has 112 valence electrons. The van der Waals surface area contributed by atoms with Crippen LogP contribution in [0.25, 0.3) is 16.9 Å². The number of hydrogen-bond acceptors (Lipinski definition) is 4. The standard InChI is InChI=1S/C16H13ClN2O3/c1-21-11-6-3-5-10(9-11)15-18-14(17)13-12(16(20)22-2)7-4-8-19(13)15/h3-9H,1-2H3. The summed E-state index contributed by atoms with van der Waals surface area (Å²) >= 11 is 6.24. The fraction of sp³-hybridized carbons (Fsp3) is 0.125. The average molecular weight is 317 g/mol. The summed E-state index contributed by atoms with van der Waals surface area (Å²) in [5.74, 6) is 0.892. The Labute approximate surface area is 132 Å². The maximum absolute atomic E-state index is 11.9. The van der Waals surface area contributed by atoms with Crippen LogP contribution < -0.4 is 4.74 Å². The molecule has 2 heterocycles. The van der Waals surface area contributed by atoms with E-state index in [1.807, 2.05) is 24.3 Å². The van der Waals surface area contributed by atoms with Gasteiger partial charge in [0.2, 0.25) is 0 Å². The minimum atomic E-state index is -0.454. The number of carbonyl (C=O) groups excluding carboxylic acids is 1. The van der Waals surface area contributed by atoms with Crippen molar-refractivity contribution in [2.45, 2.75) is 0 Å². The molecule has 0 amide bonds. The van der Waals surface area contributed by atoms with E-state index in [-0.39, 0.29) is 5.15 Å². The van der Waals surface area contributed by atoms with Crippen LogP contribution in [0.4, 0.5) is 0 Å². The zero-order valence-corrected chi connectivity index (χ0v) is 12.8. The predicted octanol–water partition coefficient (Wildman–Crippen LogP) is 3.45. The van der Waals surface area contributed by atoms with E-state index < -0.39 is 5.97 Å². The highest BCUT2D eigenvalue weighted by Crippen LogP contribution is 2.29. The van der Waals surface area contributed by atoms with Gasteiger partial charge in [0.05, 0.1) is 25.3 Å². The second-order valence-electron chi connectivity index (χ2n) is 4.59. The number of aromatic nitrogens is 2. The van der Waals surface area contributed by atoms with Crippen molar-refractivity contribution >= 4 is 23.1 Å². The highest BCUT2D eigenvalue weighted by molar-refractivity contribution is 6.33. The van der Waals surface area contributed by atoms with Crippen LogP contribution in [0.5, 0.6) is 5.75 Å². The lowest BCUT2D eigenvalue weighted by atomic mass is 10.2. The molecule has 0 saturated carbocycles. The highest BCUT2D eigenvalue weighted by atomic mass is 35.5. The number of fused-ring (bicyclic) bond motifs is 1. The Balaban J connectivity index is 2.26. The molecule has 6 heteroatoms. The van der Waals surface area contributed by atoms with Crippen LogP contribution in [0.3, 0.4) is 0 Å². The summed E-state index contributed by atoms with van der Waals surface area (Å²) in [6, 6.07) is 10.9. The molecule has 0 aliphatic carbocycles. The van der Waals surface area contributed by atoms with E-state index in [9.17, 15) is 4.79 Å². The van der Waals surface area contributed by atoms with Gasteiger partial charge in [-0.1, -0.05) is 23.7 Å². The van der Waals surface area contributed by atoms with E-state index in [0.29, 0.717) is 16.9 Å². The molecule has 22 heavy (non-hydrogen) atoms. The third-order valence-corrected chi connectivity index (χ3v) is 3.62. The SMILES string of the molecule is COC(=O)c1cccn2c(-c3cccc(OC)c3)nc(Cl)c12. The molecule has 2 aromatic heterocycles. The van der Waals surface area contributed by atoms with E-state index in [1.165, 1.54) is 7.11 Å². The van der Waals surface area contributed by atoms with Crippen molar-refractivity contribution in [3.05, 3.63) is 53.3 Å². The number of nitrogens with zero attached hydrogens (tertiary/aromatic N) is 2. The zero-order chi connectivity index (χ0) is 15.7. The van der Waals surface area contributed by atoms with Gasteiger partial charge in [0.1, 0.15) is 11.6 Å². The van der Waals surface area contributed by atoms with Crippen molar-refractivity contribution < 1.29 is 14.3 Å². The molecule has 3 rings (SSSR count). The number of ether oxygens (including phenoxy) is 2. The number of imidazole rings is 1. The number of methoxy groups -OCH3 is 2. The molecule has 5 nitrogen and oxygen atoms in total. The number of rotatable bonds is 3. The van der Waals surface area contributed by atoms with Crippen molar-refractivity contribution in [2.75, 3.05) is 14.2 Å². The maximum atomic E-state index is 11.9. The van der Waals surface area contributed by atoms with E-state index in [0.717, 1.165) is 11.3 Å². The fourth-order valence-electron chi connectivity index (χ4n) is 2.34. The summed E-state index contributed by atoms with van der Waals surface area (Å²) in [5.41, 5.74) is 1.73. The summed E-state index contributed by atoms with van der Waals surface area (Å²) in [5, 5.41) is 0.249. The molecule has 0 aliphatic heterocycles. The third-order valence-electron chi connectivity index (χ3n) is 3.35. The topological polar surface area (TPSA) is 52.8 Å². The van der Waals surface area contributed by atoms with Crippen LogP contribution in [0.1, 0.15) is 10.4 Å². The third kappa shape index (κ3) is 2.29. The summed E-state index contributed by atoms with van der Waals surface area (Å²) in [4.78, 5) is 16.3. The lowest BCUT2D eigenvalue weighted by molar-refractivity contribution is 0.0602. The second-order valence-corrected chi connectivity index (χ2v) is 4.95. The van der Waals surface area contributed by atoms with Crippen LogP contribution in [-0.2, 0) is 4.74 Å². The quantitative estimate of drug-likeness (QED) is 0.694. The predicted molar refractivity (Wildman–Crippen MR) is 83.5 cm³/mol. The lowest BCUT2D eigenvalue weighted by Gasteiger charge is -2.06. The molecule has 3 aromatic rings. The fourth-order valence-corrected chi connectivity index (χ4v) is 2.61. The zero-order valence-electron chi connectivity index (χ0n) is 12.0. The van der Waals surface area contributed by atoms with Crippen molar-refractivity contribution in [1.82, 2.24) is 9.38 Å². The molecule has 0 saturated heterocycles. The number of pyridine rings is 1. The normalized spacial score (nSPS) is 10.7. The Morgan fingerprint density at radius 3 is 2.77 bits per heavy atom. The first kappa shape index (κ1) is 14.4. The molecule has 0 bridgehead atoms. The highest BCUT2D eigenvalue weighted by Gasteiger charge is 2.18. The number of hydrogen-bond donors (Lipinski definition) is 0. The summed E-state index contributed by atoms with van der Waals surface area (Å²) in [6.45, 7) is 0. The minimum absolute atomic E-state index is 0.249. The molecular formula is C16H13ClN2O3. The average Bonchev–Trinajstić information content (AvgIpc) is 2.91. The Morgan fingerprint density at radius 2 is 2.05 bits per heavy atom. The number of benzene rings is 1. The van der Waals surface area contributed by atoms with E-state index in [4.69, 9.17) is 21.1 Å². The molecular weight excluding hydrogens is 304 g/mol. The Kier molecular flexibility index (Phi) is 3.73. The Bertz CT molecular complexity index is 858.